The van der Waals surface area contributed by atoms with Crippen LogP contribution < -0.4 is 20.1 Å². The number of imide groups is 1. The normalized spacial score (nSPS) is 15.1. The van der Waals surface area contributed by atoms with E-state index in [0.29, 0.717) is 22.5 Å². The summed E-state index contributed by atoms with van der Waals surface area (Å²) >= 11 is 1.18. The molecule has 0 unspecified atom stereocenters. The second-order valence-electron chi connectivity index (χ2n) is 8.42. The van der Waals surface area contributed by atoms with Gasteiger partial charge in [-0.25, -0.2) is 4.79 Å². The predicted octanol–water partition coefficient (Wildman–Crippen LogP) is 3.50. The average molecular weight is 468 g/mol. The lowest BCUT2D eigenvalue weighted by molar-refractivity contribution is -0.117. The number of nitrogens with zero attached hydrogens (tertiary/aromatic N) is 3. The first-order valence-electron chi connectivity index (χ1n) is 10.4. The van der Waals surface area contributed by atoms with Gasteiger partial charge in [0.1, 0.15) is 6.61 Å². The molecule has 2 heterocycles. The van der Waals surface area contributed by atoms with Crippen LogP contribution in [0, 0.1) is 0 Å². The molecule has 2 N–H and O–H groups in total. The maximum Gasteiger partial charge on any atom is 0.321 e. The first kappa shape index (κ1) is 22.7. The summed E-state index contributed by atoms with van der Waals surface area (Å²) in [6, 6.07) is 16.5. The maximum absolute atomic E-state index is 12.3. The summed E-state index contributed by atoms with van der Waals surface area (Å²) in [4.78, 5) is 24.3. The number of amides is 3. The maximum atomic E-state index is 12.3. The van der Waals surface area contributed by atoms with Crippen LogP contribution in [-0.2, 0) is 4.79 Å². The highest BCUT2D eigenvalue weighted by molar-refractivity contribution is 7.99. The summed E-state index contributed by atoms with van der Waals surface area (Å²) in [7, 11) is 0. The number of aromatic nitrogens is 3. The van der Waals surface area contributed by atoms with Gasteiger partial charge in [-0.3, -0.25) is 14.7 Å². The number of hydrogen-bond acceptors (Lipinski definition) is 7. The Hall–Kier alpha value is -3.53. The van der Waals surface area contributed by atoms with Crippen molar-refractivity contribution >= 4 is 23.7 Å². The van der Waals surface area contributed by atoms with Gasteiger partial charge in [-0.15, -0.1) is 10.2 Å². The number of urea groups is 1. The number of carbonyl (C=O) groups is 2. The van der Waals surface area contributed by atoms with Crippen molar-refractivity contribution in [2.75, 3.05) is 12.4 Å². The van der Waals surface area contributed by atoms with Gasteiger partial charge >= 0.3 is 6.03 Å². The van der Waals surface area contributed by atoms with Crippen molar-refractivity contribution in [3.8, 4) is 17.2 Å². The molecule has 0 saturated heterocycles. The number of carbonyl (C=O) groups excluding carboxylic acids is 2. The molecule has 1 aromatic heterocycles. The third kappa shape index (κ3) is 5.64. The van der Waals surface area contributed by atoms with E-state index in [1.54, 1.807) is 0 Å². The number of ether oxygens (including phenoxy) is 2. The van der Waals surface area contributed by atoms with Crippen LogP contribution in [0.4, 0.5) is 4.79 Å². The number of rotatable bonds is 5. The van der Waals surface area contributed by atoms with Gasteiger partial charge in [0.05, 0.1) is 5.75 Å². The summed E-state index contributed by atoms with van der Waals surface area (Å²) in [5.41, 5.74) is 0.383. The van der Waals surface area contributed by atoms with Crippen molar-refractivity contribution in [2.45, 2.75) is 37.6 Å². The molecule has 0 radical (unpaired) electrons. The second kappa shape index (κ2) is 9.53. The Morgan fingerprint density at radius 1 is 1.06 bits per heavy atom. The lowest BCUT2D eigenvalue weighted by Crippen LogP contribution is -2.48. The third-order valence-electron chi connectivity index (χ3n) is 4.54. The molecule has 4 rings (SSSR count). The van der Waals surface area contributed by atoms with E-state index in [2.05, 4.69) is 20.8 Å². The Morgan fingerprint density at radius 3 is 2.48 bits per heavy atom. The molecule has 172 valence electrons. The molecule has 1 aliphatic heterocycles. The number of nitrogens with one attached hydrogen (secondary N) is 2. The fraction of sp³-hybridized carbons (Fsp3) is 0.304. The average Bonchev–Trinajstić information content (AvgIpc) is 3.20. The van der Waals surface area contributed by atoms with Crippen molar-refractivity contribution in [1.82, 2.24) is 25.4 Å². The Morgan fingerprint density at radius 2 is 1.76 bits per heavy atom. The van der Waals surface area contributed by atoms with E-state index >= 15 is 0 Å². The van der Waals surface area contributed by atoms with E-state index in [1.165, 1.54) is 11.8 Å². The van der Waals surface area contributed by atoms with Crippen LogP contribution in [0.1, 0.15) is 32.7 Å². The second-order valence-corrected chi connectivity index (χ2v) is 9.36. The monoisotopic (exact) mass is 467 g/mol. The van der Waals surface area contributed by atoms with Gasteiger partial charge in [-0.05, 0) is 45.0 Å². The molecule has 0 fully saturated rings. The Labute approximate surface area is 195 Å². The Balaban J connectivity index is 1.53. The minimum absolute atomic E-state index is 0.00656. The van der Waals surface area contributed by atoms with E-state index in [0.717, 1.165) is 5.69 Å². The van der Waals surface area contributed by atoms with Gasteiger partial charge in [0.15, 0.2) is 28.6 Å². The summed E-state index contributed by atoms with van der Waals surface area (Å²) in [6.45, 7) is 5.79. The summed E-state index contributed by atoms with van der Waals surface area (Å²) < 4.78 is 13.8. The molecule has 1 aliphatic rings. The smallest absolute Gasteiger partial charge is 0.321 e. The van der Waals surface area contributed by atoms with Crippen LogP contribution in [0.3, 0.4) is 0 Å². The van der Waals surface area contributed by atoms with E-state index in [-0.39, 0.29) is 12.4 Å². The zero-order valence-electron chi connectivity index (χ0n) is 18.6. The SMILES string of the molecule is CC(C)(C)NC(=O)NC(=O)CSc1nnc([C@@H]2COc3ccccc3O2)n1-c1ccccc1. The fourth-order valence-corrected chi connectivity index (χ4v) is 3.97. The molecule has 9 nitrogen and oxygen atoms in total. The topological polar surface area (TPSA) is 107 Å². The van der Waals surface area contributed by atoms with E-state index in [1.807, 2.05) is 79.9 Å². The molecule has 33 heavy (non-hydrogen) atoms. The van der Waals surface area contributed by atoms with E-state index in [4.69, 9.17) is 9.47 Å². The standard InChI is InChI=1S/C23H25N5O4S/c1-23(2,3)25-21(30)24-19(29)14-33-22-27-26-20(28(22)15-9-5-4-6-10-15)18-13-31-16-11-7-8-12-17(16)32-18/h4-12,18H,13-14H2,1-3H3,(H2,24,25,29,30)/t18-/m0/s1. The number of hydrogen-bond donors (Lipinski definition) is 2. The van der Waals surface area contributed by atoms with Crippen LogP contribution in [0.5, 0.6) is 11.5 Å². The summed E-state index contributed by atoms with van der Waals surface area (Å²) in [5.74, 6) is 1.43. The minimum Gasteiger partial charge on any atom is -0.485 e. The molecule has 0 aliphatic carbocycles. The van der Waals surface area contributed by atoms with Gasteiger partial charge in [-0.2, -0.15) is 0 Å². The largest absolute Gasteiger partial charge is 0.485 e. The molecule has 3 amide bonds. The fourth-order valence-electron chi connectivity index (χ4n) is 3.21. The van der Waals surface area contributed by atoms with Gasteiger partial charge in [-0.1, -0.05) is 42.1 Å². The quantitative estimate of drug-likeness (QED) is 0.553. The van der Waals surface area contributed by atoms with Crippen LogP contribution in [0.25, 0.3) is 5.69 Å². The molecule has 2 aromatic carbocycles. The first-order valence-corrected chi connectivity index (χ1v) is 11.4. The number of thioether (sulfide) groups is 1. The summed E-state index contributed by atoms with van der Waals surface area (Å²) in [6.07, 6.45) is -0.478. The number of para-hydroxylation sites is 3. The highest BCUT2D eigenvalue weighted by Gasteiger charge is 2.29. The predicted molar refractivity (Wildman–Crippen MR) is 124 cm³/mol. The van der Waals surface area contributed by atoms with Crippen molar-refractivity contribution in [3.05, 3.63) is 60.4 Å². The number of benzene rings is 2. The van der Waals surface area contributed by atoms with E-state index < -0.39 is 23.6 Å². The van der Waals surface area contributed by atoms with E-state index in [9.17, 15) is 9.59 Å². The lowest BCUT2D eigenvalue weighted by Gasteiger charge is -2.26. The molecule has 3 aromatic rings. The highest BCUT2D eigenvalue weighted by Crippen LogP contribution is 2.36. The molecule has 0 spiro atoms. The van der Waals surface area contributed by atoms with Crippen LogP contribution in [0.2, 0.25) is 0 Å². The molecule has 0 saturated carbocycles. The van der Waals surface area contributed by atoms with Gasteiger partial charge in [0, 0.05) is 11.2 Å². The lowest BCUT2D eigenvalue weighted by atomic mass is 10.1. The van der Waals surface area contributed by atoms with Crippen molar-refractivity contribution < 1.29 is 19.1 Å². The van der Waals surface area contributed by atoms with Crippen LogP contribution in [0.15, 0.2) is 59.8 Å². The molecule has 10 heteroatoms. The van der Waals surface area contributed by atoms with Crippen molar-refractivity contribution in [2.24, 2.45) is 0 Å². The molecule has 0 bridgehead atoms. The van der Waals surface area contributed by atoms with Crippen LogP contribution >= 0.6 is 11.8 Å². The molecular formula is C23H25N5O4S. The van der Waals surface area contributed by atoms with Crippen molar-refractivity contribution in [1.29, 1.82) is 0 Å². The molecular weight excluding hydrogens is 442 g/mol. The zero-order chi connectivity index (χ0) is 23.4. The molecule has 1 atom stereocenters. The minimum atomic E-state index is -0.537. The van der Waals surface area contributed by atoms with Crippen LogP contribution in [-0.4, -0.2) is 44.6 Å². The first-order chi connectivity index (χ1) is 15.8. The Kier molecular flexibility index (Phi) is 6.55. The van der Waals surface area contributed by atoms with Gasteiger partial charge < -0.3 is 14.8 Å². The van der Waals surface area contributed by atoms with Crippen molar-refractivity contribution in [3.63, 3.8) is 0 Å². The third-order valence-corrected chi connectivity index (χ3v) is 5.47. The van der Waals surface area contributed by atoms with Gasteiger partial charge in [0.25, 0.3) is 0 Å². The highest BCUT2D eigenvalue weighted by atomic mass is 32.2. The number of fused-ring (bicyclic) bond motifs is 1. The zero-order valence-corrected chi connectivity index (χ0v) is 19.4. The van der Waals surface area contributed by atoms with Gasteiger partial charge in [0.2, 0.25) is 5.91 Å². The summed E-state index contributed by atoms with van der Waals surface area (Å²) in [5, 5.41) is 14.2. The Bertz CT molecular complexity index is 1140.